The van der Waals surface area contributed by atoms with Gasteiger partial charge in [-0.1, -0.05) is 0 Å². The molecule has 5 heteroatoms. The molecule has 1 aliphatic rings. The SMILES string of the molecule is COc1cc(CNCC2(N(C)C)CCC2)cc(Br)c1OC. The third kappa shape index (κ3) is 3.52. The summed E-state index contributed by atoms with van der Waals surface area (Å²) in [5, 5.41) is 3.58. The van der Waals surface area contributed by atoms with Crippen molar-refractivity contribution in [2.45, 2.75) is 31.3 Å². The van der Waals surface area contributed by atoms with E-state index < -0.39 is 0 Å². The summed E-state index contributed by atoms with van der Waals surface area (Å²) < 4.78 is 11.6. The van der Waals surface area contributed by atoms with Crippen LogP contribution in [-0.2, 0) is 6.54 Å². The number of hydrogen-bond acceptors (Lipinski definition) is 4. The molecule has 4 nitrogen and oxygen atoms in total. The third-order valence-corrected chi connectivity index (χ3v) is 5.10. The smallest absolute Gasteiger partial charge is 0.174 e. The molecule has 1 fully saturated rings. The first-order valence-corrected chi connectivity index (χ1v) is 8.10. The van der Waals surface area contributed by atoms with Gasteiger partial charge >= 0.3 is 0 Å². The van der Waals surface area contributed by atoms with E-state index in [1.54, 1.807) is 14.2 Å². The van der Waals surface area contributed by atoms with E-state index in [0.29, 0.717) is 5.54 Å². The van der Waals surface area contributed by atoms with Gasteiger partial charge in [-0.05, 0) is 67.0 Å². The maximum Gasteiger partial charge on any atom is 0.174 e. The Hall–Kier alpha value is -0.780. The minimum Gasteiger partial charge on any atom is -0.493 e. The quantitative estimate of drug-likeness (QED) is 0.813. The zero-order valence-corrected chi connectivity index (χ0v) is 14.9. The van der Waals surface area contributed by atoms with Gasteiger partial charge in [-0.15, -0.1) is 0 Å². The minimum atomic E-state index is 0.341. The summed E-state index contributed by atoms with van der Waals surface area (Å²) in [6.07, 6.45) is 3.90. The van der Waals surface area contributed by atoms with Crippen LogP contribution in [0.15, 0.2) is 16.6 Å². The van der Waals surface area contributed by atoms with Crippen LogP contribution in [0.1, 0.15) is 24.8 Å². The molecule has 21 heavy (non-hydrogen) atoms. The lowest BCUT2D eigenvalue weighted by Crippen LogP contribution is -2.56. The zero-order chi connectivity index (χ0) is 15.5. The minimum absolute atomic E-state index is 0.341. The molecule has 0 aromatic heterocycles. The average Bonchev–Trinajstić information content (AvgIpc) is 2.40. The van der Waals surface area contributed by atoms with Gasteiger partial charge in [0.25, 0.3) is 0 Å². The summed E-state index contributed by atoms with van der Waals surface area (Å²) in [7, 11) is 7.66. The summed E-state index contributed by atoms with van der Waals surface area (Å²) in [4.78, 5) is 2.36. The molecular formula is C16H25BrN2O2. The molecule has 1 saturated carbocycles. The average molecular weight is 357 g/mol. The Morgan fingerprint density at radius 1 is 1.24 bits per heavy atom. The van der Waals surface area contributed by atoms with Crippen molar-refractivity contribution in [3.8, 4) is 11.5 Å². The van der Waals surface area contributed by atoms with Crippen LogP contribution in [0.25, 0.3) is 0 Å². The fraction of sp³-hybridized carbons (Fsp3) is 0.625. The van der Waals surface area contributed by atoms with Crippen molar-refractivity contribution in [1.82, 2.24) is 10.2 Å². The standard InChI is InChI=1S/C16H25BrN2O2/c1-19(2)16(6-5-7-16)11-18-10-12-8-13(17)15(21-4)14(9-12)20-3/h8-9,18H,5-7,10-11H2,1-4H3. The number of likely N-dealkylation sites (N-methyl/N-ethyl adjacent to an activating group) is 1. The van der Waals surface area contributed by atoms with Gasteiger partial charge < -0.3 is 19.7 Å². The van der Waals surface area contributed by atoms with E-state index >= 15 is 0 Å². The molecule has 1 aromatic carbocycles. The molecule has 1 N–H and O–H groups in total. The lowest BCUT2D eigenvalue weighted by molar-refractivity contribution is 0.0598. The summed E-state index contributed by atoms with van der Waals surface area (Å²) in [5.41, 5.74) is 1.53. The van der Waals surface area contributed by atoms with E-state index in [1.807, 2.05) is 6.07 Å². The molecular weight excluding hydrogens is 332 g/mol. The molecule has 0 spiro atoms. The summed E-state index contributed by atoms with van der Waals surface area (Å²) in [6.45, 7) is 1.85. The number of methoxy groups -OCH3 is 2. The topological polar surface area (TPSA) is 33.7 Å². The first-order chi connectivity index (χ1) is 10.0. The van der Waals surface area contributed by atoms with Crippen LogP contribution in [0.4, 0.5) is 0 Å². The molecule has 0 bridgehead atoms. The molecule has 1 aromatic rings. The van der Waals surface area contributed by atoms with Gasteiger partial charge in [0.1, 0.15) is 0 Å². The first kappa shape index (κ1) is 16.6. The Kier molecular flexibility index (Phi) is 5.52. The van der Waals surface area contributed by atoms with E-state index in [-0.39, 0.29) is 0 Å². The first-order valence-electron chi connectivity index (χ1n) is 7.31. The van der Waals surface area contributed by atoms with E-state index in [4.69, 9.17) is 9.47 Å². The van der Waals surface area contributed by atoms with Crippen molar-refractivity contribution in [2.24, 2.45) is 0 Å². The van der Waals surface area contributed by atoms with Crippen molar-refractivity contribution in [1.29, 1.82) is 0 Å². The predicted octanol–water partition coefficient (Wildman–Crippen LogP) is 3.04. The molecule has 118 valence electrons. The van der Waals surface area contributed by atoms with Gasteiger partial charge in [0.15, 0.2) is 11.5 Å². The van der Waals surface area contributed by atoms with E-state index in [1.165, 1.54) is 24.8 Å². The van der Waals surface area contributed by atoms with Crippen LogP contribution in [-0.4, -0.2) is 45.3 Å². The fourth-order valence-corrected chi connectivity index (χ4v) is 3.53. The molecule has 0 heterocycles. The van der Waals surface area contributed by atoms with Crippen LogP contribution in [0, 0.1) is 0 Å². The van der Waals surface area contributed by atoms with E-state index in [2.05, 4.69) is 46.3 Å². The summed E-state index contributed by atoms with van der Waals surface area (Å²) in [6, 6.07) is 4.11. The number of nitrogens with one attached hydrogen (secondary N) is 1. The van der Waals surface area contributed by atoms with Crippen molar-refractivity contribution >= 4 is 15.9 Å². The van der Waals surface area contributed by atoms with E-state index in [9.17, 15) is 0 Å². The van der Waals surface area contributed by atoms with Gasteiger partial charge in [-0.3, -0.25) is 0 Å². The van der Waals surface area contributed by atoms with Crippen molar-refractivity contribution in [3.63, 3.8) is 0 Å². The van der Waals surface area contributed by atoms with Gasteiger partial charge in [0.05, 0.1) is 18.7 Å². The maximum atomic E-state index is 5.38. The van der Waals surface area contributed by atoms with Crippen molar-refractivity contribution in [2.75, 3.05) is 34.9 Å². The van der Waals surface area contributed by atoms with Crippen LogP contribution in [0.5, 0.6) is 11.5 Å². The lowest BCUT2D eigenvalue weighted by Gasteiger charge is -2.47. The number of nitrogens with zero attached hydrogens (tertiary/aromatic N) is 1. The molecule has 0 saturated heterocycles. The molecule has 0 aliphatic heterocycles. The monoisotopic (exact) mass is 356 g/mol. The fourth-order valence-electron chi connectivity index (χ4n) is 2.88. The van der Waals surface area contributed by atoms with Gasteiger partial charge in [0, 0.05) is 18.6 Å². The lowest BCUT2D eigenvalue weighted by atomic mass is 9.75. The van der Waals surface area contributed by atoms with E-state index in [0.717, 1.165) is 29.1 Å². The van der Waals surface area contributed by atoms with Crippen LogP contribution >= 0.6 is 15.9 Å². The third-order valence-electron chi connectivity index (χ3n) is 4.51. The Labute approximate surface area is 135 Å². The number of benzene rings is 1. The highest BCUT2D eigenvalue weighted by atomic mass is 79.9. The second-order valence-corrected chi connectivity index (χ2v) is 6.74. The second-order valence-electron chi connectivity index (χ2n) is 5.89. The normalized spacial score (nSPS) is 16.7. The molecule has 0 amide bonds. The predicted molar refractivity (Wildman–Crippen MR) is 89.2 cm³/mol. The number of rotatable bonds is 7. The summed E-state index contributed by atoms with van der Waals surface area (Å²) in [5.74, 6) is 1.50. The van der Waals surface area contributed by atoms with Gasteiger partial charge in [-0.25, -0.2) is 0 Å². The molecule has 1 aliphatic carbocycles. The zero-order valence-electron chi connectivity index (χ0n) is 13.3. The highest BCUT2D eigenvalue weighted by Crippen LogP contribution is 2.37. The summed E-state index contributed by atoms with van der Waals surface area (Å²) >= 11 is 3.54. The number of hydrogen-bond donors (Lipinski definition) is 1. The van der Waals surface area contributed by atoms with Gasteiger partial charge in [-0.2, -0.15) is 0 Å². The van der Waals surface area contributed by atoms with Crippen LogP contribution < -0.4 is 14.8 Å². The molecule has 0 radical (unpaired) electrons. The Morgan fingerprint density at radius 3 is 2.43 bits per heavy atom. The molecule has 0 atom stereocenters. The Balaban J connectivity index is 1.99. The van der Waals surface area contributed by atoms with Crippen molar-refractivity contribution in [3.05, 3.63) is 22.2 Å². The maximum absolute atomic E-state index is 5.38. The Bertz CT molecular complexity index is 487. The Morgan fingerprint density at radius 2 is 1.95 bits per heavy atom. The highest BCUT2D eigenvalue weighted by Gasteiger charge is 2.38. The van der Waals surface area contributed by atoms with Gasteiger partial charge in [0.2, 0.25) is 0 Å². The second kappa shape index (κ2) is 6.99. The van der Waals surface area contributed by atoms with Crippen LogP contribution in [0.2, 0.25) is 0 Å². The van der Waals surface area contributed by atoms with Crippen LogP contribution in [0.3, 0.4) is 0 Å². The molecule has 2 rings (SSSR count). The van der Waals surface area contributed by atoms with Crippen molar-refractivity contribution < 1.29 is 9.47 Å². The number of halogens is 1. The highest BCUT2D eigenvalue weighted by molar-refractivity contribution is 9.10. The number of ether oxygens (including phenoxy) is 2. The largest absolute Gasteiger partial charge is 0.493 e. The molecule has 0 unspecified atom stereocenters.